The van der Waals surface area contributed by atoms with Crippen molar-refractivity contribution in [1.82, 2.24) is 4.98 Å². The molecule has 0 aromatic carbocycles. The van der Waals surface area contributed by atoms with Crippen molar-refractivity contribution in [2.75, 3.05) is 18.5 Å². The van der Waals surface area contributed by atoms with Crippen LogP contribution in [0.5, 0.6) is 0 Å². The Morgan fingerprint density at radius 3 is 2.88 bits per heavy atom. The molecule has 1 aromatic heterocycles. The van der Waals surface area contributed by atoms with Gasteiger partial charge in [-0.1, -0.05) is 6.08 Å². The molecule has 0 radical (unpaired) electrons. The van der Waals surface area contributed by atoms with Gasteiger partial charge in [-0.3, -0.25) is 0 Å². The summed E-state index contributed by atoms with van der Waals surface area (Å²) < 4.78 is 0. The summed E-state index contributed by atoms with van der Waals surface area (Å²) in [4.78, 5) is 6.67. The van der Waals surface area contributed by atoms with E-state index in [1.165, 1.54) is 0 Å². The summed E-state index contributed by atoms with van der Waals surface area (Å²) in [5, 5.41) is 0. The standard InChI is InChI=1S/C13H21N3/c1-4-5-6-7-16(3)13-9-12(10-14)8-11(2)15-13/h4,8-9H,1,5-7,10,14H2,2-3H3. The molecule has 0 aliphatic rings. The van der Waals surface area contributed by atoms with Crippen LogP contribution in [0.1, 0.15) is 24.1 Å². The molecule has 3 nitrogen and oxygen atoms in total. The largest absolute Gasteiger partial charge is 0.360 e. The third kappa shape index (κ3) is 3.66. The molecule has 3 heteroatoms. The van der Waals surface area contributed by atoms with Gasteiger partial charge in [-0.05, 0) is 37.5 Å². The number of hydrogen-bond acceptors (Lipinski definition) is 3. The van der Waals surface area contributed by atoms with Gasteiger partial charge >= 0.3 is 0 Å². The fourth-order valence-electron chi connectivity index (χ4n) is 1.62. The van der Waals surface area contributed by atoms with E-state index in [1.54, 1.807) is 0 Å². The number of allylic oxidation sites excluding steroid dienone is 1. The first kappa shape index (κ1) is 12.7. The number of rotatable bonds is 6. The molecule has 0 atom stereocenters. The number of aryl methyl sites for hydroxylation is 1. The third-order valence-corrected chi connectivity index (χ3v) is 2.53. The van der Waals surface area contributed by atoms with E-state index in [9.17, 15) is 0 Å². The minimum Gasteiger partial charge on any atom is -0.360 e. The minimum atomic E-state index is 0.566. The second-order valence-corrected chi connectivity index (χ2v) is 4.03. The maximum atomic E-state index is 5.65. The number of anilines is 1. The lowest BCUT2D eigenvalue weighted by Gasteiger charge is -2.19. The monoisotopic (exact) mass is 219 g/mol. The molecule has 0 amide bonds. The van der Waals surface area contributed by atoms with E-state index in [0.29, 0.717) is 6.54 Å². The molecule has 0 unspecified atom stereocenters. The van der Waals surface area contributed by atoms with Crippen molar-refractivity contribution in [3.05, 3.63) is 36.0 Å². The number of aromatic nitrogens is 1. The van der Waals surface area contributed by atoms with Gasteiger partial charge in [0.25, 0.3) is 0 Å². The number of hydrogen-bond donors (Lipinski definition) is 1. The second-order valence-electron chi connectivity index (χ2n) is 4.03. The number of pyridine rings is 1. The van der Waals surface area contributed by atoms with Crippen molar-refractivity contribution in [3.8, 4) is 0 Å². The van der Waals surface area contributed by atoms with Crippen LogP contribution in [0.3, 0.4) is 0 Å². The number of unbranched alkanes of at least 4 members (excludes halogenated alkanes) is 1. The fourth-order valence-corrected chi connectivity index (χ4v) is 1.62. The zero-order chi connectivity index (χ0) is 12.0. The molecule has 1 aromatic rings. The highest BCUT2D eigenvalue weighted by atomic mass is 15.2. The van der Waals surface area contributed by atoms with Crippen LogP contribution < -0.4 is 10.6 Å². The first-order valence-electron chi connectivity index (χ1n) is 5.67. The van der Waals surface area contributed by atoms with Crippen molar-refractivity contribution in [3.63, 3.8) is 0 Å². The fraction of sp³-hybridized carbons (Fsp3) is 0.462. The van der Waals surface area contributed by atoms with Crippen LogP contribution in [0.4, 0.5) is 5.82 Å². The molecule has 16 heavy (non-hydrogen) atoms. The lowest BCUT2D eigenvalue weighted by molar-refractivity contribution is 0.789. The van der Waals surface area contributed by atoms with Crippen LogP contribution in [0.15, 0.2) is 24.8 Å². The Morgan fingerprint density at radius 2 is 2.25 bits per heavy atom. The van der Waals surface area contributed by atoms with Crippen molar-refractivity contribution in [2.24, 2.45) is 5.73 Å². The normalized spacial score (nSPS) is 10.2. The van der Waals surface area contributed by atoms with Crippen LogP contribution in [-0.4, -0.2) is 18.6 Å². The molecule has 1 rings (SSSR count). The zero-order valence-electron chi connectivity index (χ0n) is 10.2. The van der Waals surface area contributed by atoms with Crippen molar-refractivity contribution >= 4 is 5.82 Å². The first-order valence-corrected chi connectivity index (χ1v) is 5.67. The topological polar surface area (TPSA) is 42.1 Å². The molecule has 0 saturated heterocycles. The SMILES string of the molecule is C=CCCCN(C)c1cc(CN)cc(C)n1. The van der Waals surface area contributed by atoms with Gasteiger partial charge in [0.05, 0.1) is 0 Å². The number of nitrogens with two attached hydrogens (primary N) is 1. The van der Waals surface area contributed by atoms with Crippen LogP contribution in [-0.2, 0) is 6.54 Å². The third-order valence-electron chi connectivity index (χ3n) is 2.53. The van der Waals surface area contributed by atoms with Gasteiger partial charge in [0, 0.05) is 25.8 Å². The average molecular weight is 219 g/mol. The highest BCUT2D eigenvalue weighted by Gasteiger charge is 2.04. The van der Waals surface area contributed by atoms with Crippen LogP contribution in [0.2, 0.25) is 0 Å². The van der Waals surface area contributed by atoms with E-state index >= 15 is 0 Å². The van der Waals surface area contributed by atoms with E-state index in [0.717, 1.165) is 36.5 Å². The molecular formula is C13H21N3. The first-order chi connectivity index (χ1) is 7.67. The predicted octanol–water partition coefficient (Wildman–Crippen LogP) is 2.25. The molecule has 88 valence electrons. The molecule has 1 heterocycles. The van der Waals surface area contributed by atoms with Gasteiger partial charge in [0.2, 0.25) is 0 Å². The molecule has 0 saturated carbocycles. The lowest BCUT2D eigenvalue weighted by Crippen LogP contribution is -2.20. The quantitative estimate of drug-likeness (QED) is 0.589. The van der Waals surface area contributed by atoms with E-state index < -0.39 is 0 Å². The average Bonchev–Trinajstić information content (AvgIpc) is 2.28. The Balaban J connectivity index is 2.70. The summed E-state index contributed by atoms with van der Waals surface area (Å²) in [6.07, 6.45) is 4.09. The summed E-state index contributed by atoms with van der Waals surface area (Å²) in [6, 6.07) is 4.09. The summed E-state index contributed by atoms with van der Waals surface area (Å²) in [5.74, 6) is 1.00. The zero-order valence-corrected chi connectivity index (χ0v) is 10.2. The Morgan fingerprint density at radius 1 is 1.50 bits per heavy atom. The lowest BCUT2D eigenvalue weighted by atomic mass is 10.2. The molecule has 0 bridgehead atoms. The van der Waals surface area contributed by atoms with E-state index in [-0.39, 0.29) is 0 Å². The van der Waals surface area contributed by atoms with E-state index in [1.807, 2.05) is 19.1 Å². The highest BCUT2D eigenvalue weighted by molar-refractivity contribution is 5.41. The molecule has 0 spiro atoms. The predicted molar refractivity (Wildman–Crippen MR) is 69.6 cm³/mol. The second kappa shape index (κ2) is 6.28. The Labute approximate surface area is 98.0 Å². The van der Waals surface area contributed by atoms with Gasteiger partial charge in [-0.2, -0.15) is 0 Å². The minimum absolute atomic E-state index is 0.566. The number of nitrogens with zero attached hydrogens (tertiary/aromatic N) is 2. The van der Waals surface area contributed by atoms with Gasteiger partial charge in [-0.15, -0.1) is 6.58 Å². The molecular weight excluding hydrogens is 198 g/mol. The molecule has 0 aliphatic carbocycles. The maximum Gasteiger partial charge on any atom is 0.128 e. The van der Waals surface area contributed by atoms with E-state index in [2.05, 4.69) is 29.6 Å². The van der Waals surface area contributed by atoms with Crippen molar-refractivity contribution < 1.29 is 0 Å². The molecule has 0 aliphatic heterocycles. The summed E-state index contributed by atoms with van der Waals surface area (Å²) >= 11 is 0. The van der Waals surface area contributed by atoms with Gasteiger partial charge in [0.1, 0.15) is 5.82 Å². The van der Waals surface area contributed by atoms with Crippen LogP contribution in [0.25, 0.3) is 0 Å². The molecule has 2 N–H and O–H groups in total. The van der Waals surface area contributed by atoms with Crippen LogP contribution in [0, 0.1) is 6.92 Å². The van der Waals surface area contributed by atoms with Gasteiger partial charge in [-0.25, -0.2) is 4.98 Å². The van der Waals surface area contributed by atoms with E-state index in [4.69, 9.17) is 5.73 Å². The van der Waals surface area contributed by atoms with Gasteiger partial charge in [0.15, 0.2) is 0 Å². The summed E-state index contributed by atoms with van der Waals surface area (Å²) in [7, 11) is 2.06. The Hall–Kier alpha value is -1.35. The molecule has 0 fully saturated rings. The van der Waals surface area contributed by atoms with Gasteiger partial charge < -0.3 is 10.6 Å². The van der Waals surface area contributed by atoms with Crippen molar-refractivity contribution in [2.45, 2.75) is 26.3 Å². The smallest absolute Gasteiger partial charge is 0.128 e. The Kier molecular flexibility index (Phi) is 4.99. The summed E-state index contributed by atoms with van der Waals surface area (Å²) in [5.41, 5.74) is 7.81. The van der Waals surface area contributed by atoms with Crippen molar-refractivity contribution in [1.29, 1.82) is 0 Å². The van der Waals surface area contributed by atoms with Crippen LogP contribution >= 0.6 is 0 Å². The summed E-state index contributed by atoms with van der Waals surface area (Å²) in [6.45, 7) is 7.28. The Bertz CT molecular complexity index is 347. The highest BCUT2D eigenvalue weighted by Crippen LogP contribution is 2.14. The maximum absolute atomic E-state index is 5.65.